The number of aryl methyl sites for hydroxylation is 6. The van der Waals surface area contributed by atoms with Crippen LogP contribution in [0.25, 0.3) is 0 Å². The van der Waals surface area contributed by atoms with E-state index in [1.807, 2.05) is 0 Å². The van der Waals surface area contributed by atoms with Crippen LogP contribution in [0, 0.1) is 41.5 Å². The zero-order valence-corrected chi connectivity index (χ0v) is 85.2. The van der Waals surface area contributed by atoms with E-state index in [1.54, 1.807) is 6.92 Å². The molecule has 0 saturated carbocycles. The summed E-state index contributed by atoms with van der Waals surface area (Å²) in [5.74, 6) is -0.512. The largest absolute Gasteiger partial charge is 0.472 e. The molecule has 13 N–H and O–H groups in total. The number of nitrogens with two attached hydrogens (primary N) is 2. The summed E-state index contributed by atoms with van der Waals surface area (Å²) in [6.45, 7) is -12.5. The molecule has 0 bridgehead atoms. The van der Waals surface area contributed by atoms with Gasteiger partial charge in [0.1, 0.15) is 109 Å². The highest BCUT2D eigenvalue weighted by molar-refractivity contribution is 8.44. The molecular weight excluding hydrogens is 2060 g/mol. The molecule has 12 heterocycles. The van der Waals surface area contributed by atoms with Crippen molar-refractivity contribution in [1.82, 2.24) is 57.3 Å². The highest BCUT2D eigenvalue weighted by atomic mass is 32.7. The number of hydrogen-bond acceptors (Lipinski definition) is 46. The highest BCUT2D eigenvalue weighted by Crippen LogP contribution is 2.60. The van der Waals surface area contributed by atoms with Gasteiger partial charge in [-0.25, -0.2) is 42.5 Å². The molecule has 794 valence electrons. The molecule has 0 aromatic carbocycles. The van der Waals surface area contributed by atoms with E-state index >= 15 is 13.7 Å². The first-order valence-corrected chi connectivity index (χ1v) is 54.4. The average Bonchev–Trinajstić information content (AvgIpc) is 1.62. The van der Waals surface area contributed by atoms with Gasteiger partial charge in [-0.3, -0.25) is 98.2 Å². The monoisotopic (exact) mass is 2180 g/mol. The van der Waals surface area contributed by atoms with Crippen LogP contribution in [0.3, 0.4) is 0 Å². The Morgan fingerprint density at radius 1 is 0.380 bits per heavy atom. The van der Waals surface area contributed by atoms with Crippen molar-refractivity contribution in [3.63, 3.8) is 0 Å². The van der Waals surface area contributed by atoms with Gasteiger partial charge in [0.15, 0.2) is 31.1 Å². The number of nitrogens with zero attached hydrogens (tertiary/aromatic N) is 8. The number of anilines is 2. The van der Waals surface area contributed by atoms with Crippen molar-refractivity contribution in [1.29, 1.82) is 0 Å². The molecule has 11 unspecified atom stereocenters. The second-order valence-electron chi connectivity index (χ2n) is 32.9. The zero-order chi connectivity index (χ0) is 104. The first-order chi connectivity index (χ1) is 67.1. The summed E-state index contributed by atoms with van der Waals surface area (Å²) in [7, 11) is -5.29. The topological polar surface area (TPSA) is 734 Å². The number of phosphoric ester groups is 2. The van der Waals surface area contributed by atoms with Crippen LogP contribution in [0.15, 0.2) is 85.1 Å². The Balaban J connectivity index is 0.844. The van der Waals surface area contributed by atoms with Crippen molar-refractivity contribution in [2.24, 2.45) is 0 Å². The number of hydrogen-bond donors (Lipinski definition) is 12. The van der Waals surface area contributed by atoms with Gasteiger partial charge in [0.25, 0.3) is 22.2 Å². The van der Waals surface area contributed by atoms with E-state index < -0.39 is 280 Å². The fourth-order valence-electron chi connectivity index (χ4n) is 15.9. The van der Waals surface area contributed by atoms with Crippen molar-refractivity contribution >= 4 is 83.4 Å². The number of aliphatic hydroxyl groups is 1. The summed E-state index contributed by atoms with van der Waals surface area (Å²) in [5.41, 5.74) is 3.42. The normalized spacial score (nSPS) is 29.4. The Morgan fingerprint density at radius 3 is 1.04 bits per heavy atom. The van der Waals surface area contributed by atoms with Gasteiger partial charge in [0.2, 0.25) is 0 Å². The number of aliphatic hydroxyl groups excluding tert-OH is 1. The van der Waals surface area contributed by atoms with Crippen LogP contribution >= 0.6 is 48.1 Å². The van der Waals surface area contributed by atoms with E-state index in [9.17, 15) is 72.6 Å². The maximum atomic E-state index is 15.5. The Labute approximate surface area is 819 Å². The first kappa shape index (κ1) is 114. The summed E-state index contributed by atoms with van der Waals surface area (Å²) < 4.78 is 206. The quantitative estimate of drug-likeness (QED) is 0.0113. The lowest BCUT2D eigenvalue weighted by Gasteiger charge is -2.30. The molecule has 66 heteroatoms. The van der Waals surface area contributed by atoms with E-state index in [0.717, 1.165) is 46.0 Å². The molecule has 12 rings (SSSR count). The minimum Gasteiger partial charge on any atom is -0.387 e. The average molecular weight is 2180 g/mol. The lowest BCUT2D eigenvalue weighted by atomic mass is 10.1. The van der Waals surface area contributed by atoms with E-state index in [1.165, 1.54) is 95.7 Å². The lowest BCUT2D eigenvalue weighted by Crippen LogP contribution is -2.42. The SMILES string of the molecule is CC[C@H]1O[C@@H](n2cc(C)c(=O)[nH]c2=O)CC1OP(O)(=S)OC[C@H]1O[C@@H](n2cc(C)c(=O)[nH]c2=O)[C@@H](OCCOC)C1OP(=O)(O)OC[C@H]1O[C@@H](n2cc(C)c(N)nc2=O)[C@@H](OCCOC)C1OP(=O)(O)OC[C@H]1O[C@@H](n2cc(C)c(N)nc2=O)[C@@H](OCCOC)C1OP(=O)(S)OC[C@H]1O[C@@H](n2cc(C)c(=O)[nH]c2=O)[C@@H](OCCOC)C1OP(O)(=S)OC[C@H]1O[C@@H](n2cc(C)c(=O)[nH]c2=O)[C@@H](OCCOC)C1O. The molecule has 6 fully saturated rings. The van der Waals surface area contributed by atoms with Crippen LogP contribution in [-0.2, 0) is 158 Å². The van der Waals surface area contributed by atoms with Gasteiger partial charge in [-0.05, 0) is 71.6 Å². The molecule has 58 nitrogen and oxygen atoms in total. The maximum Gasteiger partial charge on any atom is 0.472 e. The number of thiol groups is 1. The highest BCUT2D eigenvalue weighted by Gasteiger charge is 2.59. The summed E-state index contributed by atoms with van der Waals surface area (Å²) in [5, 5.41) is 11.8. The Morgan fingerprint density at radius 2 is 0.669 bits per heavy atom. The van der Waals surface area contributed by atoms with Crippen molar-refractivity contribution in [3.8, 4) is 0 Å². The van der Waals surface area contributed by atoms with Gasteiger partial charge in [-0.15, -0.1) is 0 Å². The summed E-state index contributed by atoms with van der Waals surface area (Å²) in [4.78, 5) is 198. The first-order valence-electron chi connectivity index (χ1n) is 43.5. The van der Waals surface area contributed by atoms with Crippen LogP contribution in [0.2, 0.25) is 0 Å². The Bertz CT molecular complexity index is 6290. The third-order valence-electron chi connectivity index (χ3n) is 22.9. The summed E-state index contributed by atoms with van der Waals surface area (Å²) in [6, 6.07) is 0. The fourth-order valence-corrected chi connectivity index (χ4v) is 22.2. The number of ether oxygens (including phenoxy) is 16. The van der Waals surface area contributed by atoms with Gasteiger partial charge < -0.3 is 126 Å². The van der Waals surface area contributed by atoms with Crippen LogP contribution in [0.5, 0.6) is 0 Å². The number of H-pyrrole nitrogens is 4. The van der Waals surface area contributed by atoms with Gasteiger partial charge in [-0.1, -0.05) is 19.2 Å². The molecule has 6 aliphatic heterocycles. The van der Waals surface area contributed by atoms with Crippen molar-refractivity contribution in [3.05, 3.63) is 175 Å². The predicted molar refractivity (Wildman–Crippen MR) is 495 cm³/mol. The molecular formula is C76H113N14O44P5S3. The van der Waals surface area contributed by atoms with Gasteiger partial charge in [0, 0.05) is 113 Å². The van der Waals surface area contributed by atoms with Crippen LogP contribution in [-0.4, -0.2) is 320 Å². The maximum absolute atomic E-state index is 15.5. The standard InChI is InChI=1S/C76H113N14O44P5S3/c1-13-42-43(24-49(124-42)85-27-38(4)62(92)81-73(85)98)130-137(106,140)122-34-47-52(57(116-21-16-111-10)68(128-47)89-29-40(6)64(94)83-75(89)100)132-135(102,103)119-32-45-51(56(115-20-15-110-9)67(126-45)86-25-36(2)60(77)79-71(86)96)131-136(104,105)120-33-46-53(58(117-22-17-112-11)69(127-46)87-26-37(3)61(78)80-72(87)97)133-139(108,142)123-35-48-54(59(118-23-18-113-12)70(129-48)90-30-41(7)65(95)84-76(90)101)134-138(107,141)121-31-44-50(91)55(114-19-14-109-8)66(125-44)88-28-39(5)63(93)82-74(88)99/h25-30,42-59,66-70,91H,13-24,31-35H2,1-12H3,(H,102,103)(H,104,105)(H,106,140)(H,107,141)(H,108,142)(H2,77,79,96)(H2,78,80,97)(H,81,92,98)(H,82,93,99)(H,83,94,100)(H,84,95,101)/t42-,43?,44-,45-,46-,47-,48-,49-,50?,51?,52?,53?,54?,55+,56+,57+,58+,59+,66-,67-,68-,69-,70-,137?,138?,139?/m1/s1. The van der Waals surface area contributed by atoms with Crippen molar-refractivity contribution < 1.29 is 159 Å². The minimum atomic E-state index is -5.98. The molecule has 0 aliphatic carbocycles. The van der Waals surface area contributed by atoms with Crippen LogP contribution in [0.4, 0.5) is 11.6 Å². The molecule has 6 aliphatic rings. The number of rotatable bonds is 52. The molecule has 6 aromatic rings. The van der Waals surface area contributed by atoms with E-state index in [0.29, 0.717) is 0 Å². The van der Waals surface area contributed by atoms with Crippen LogP contribution in [0.1, 0.15) is 90.5 Å². The molecule has 6 saturated heterocycles. The van der Waals surface area contributed by atoms with Gasteiger partial charge >= 0.3 is 70.0 Å². The van der Waals surface area contributed by atoms with Crippen molar-refractivity contribution in [2.75, 3.05) is 146 Å². The number of nitrogens with one attached hydrogen (secondary N) is 4. The van der Waals surface area contributed by atoms with Crippen molar-refractivity contribution in [2.45, 2.75) is 202 Å². The zero-order valence-electron chi connectivity index (χ0n) is 78.2. The van der Waals surface area contributed by atoms with E-state index in [-0.39, 0.29) is 111 Å². The fraction of sp³-hybridized carbons (Fsp3) is 0.684. The molecule has 142 heavy (non-hydrogen) atoms. The summed E-state index contributed by atoms with van der Waals surface area (Å²) >= 11 is 15.5. The predicted octanol–water partition coefficient (Wildman–Crippen LogP) is -1.90. The lowest BCUT2D eigenvalue weighted by molar-refractivity contribution is -0.0853. The third kappa shape index (κ3) is 28.2. The number of phosphoric acid groups is 2. The third-order valence-corrected chi connectivity index (χ3v) is 29.7. The number of aromatic amines is 4. The number of nitrogen functional groups attached to an aromatic ring is 2. The van der Waals surface area contributed by atoms with E-state index in [4.69, 9.17) is 156 Å². The molecule has 0 radical (unpaired) electrons. The van der Waals surface area contributed by atoms with E-state index in [2.05, 4.69) is 42.2 Å². The number of methoxy groups -OCH3 is 5. The minimum absolute atomic E-state index is 0.00184. The molecule has 0 spiro atoms. The molecule has 0 amide bonds. The Hall–Kier alpha value is -6.82. The molecule has 28 atom stereocenters. The smallest absolute Gasteiger partial charge is 0.387 e. The van der Waals surface area contributed by atoms with Gasteiger partial charge in [0.05, 0.1) is 111 Å². The van der Waals surface area contributed by atoms with Crippen LogP contribution < -0.4 is 67.8 Å². The molecule has 6 aromatic heterocycles. The summed E-state index contributed by atoms with van der Waals surface area (Å²) in [6.07, 6.45) is -31.7. The second kappa shape index (κ2) is 49.5. The number of aromatic nitrogens is 12. The van der Waals surface area contributed by atoms with Gasteiger partial charge in [-0.2, -0.15) is 9.97 Å². The Kier molecular flexibility index (Phi) is 39.7. The second-order valence-corrected chi connectivity index (χ2v) is 44.2.